The Labute approximate surface area is 86.3 Å². The summed E-state index contributed by atoms with van der Waals surface area (Å²) in [7, 11) is 1.56. The molecule has 0 aliphatic carbocycles. The average Bonchev–Trinajstić information content (AvgIpc) is 2.19. The van der Waals surface area contributed by atoms with Crippen LogP contribution in [0.3, 0.4) is 0 Å². The molecule has 0 saturated carbocycles. The molecule has 0 aliphatic heterocycles. The third-order valence-corrected chi connectivity index (χ3v) is 1.22. The van der Waals surface area contributed by atoms with Crippen LogP contribution in [0.1, 0.15) is 13.8 Å². The molecule has 0 aromatic carbocycles. The molecule has 1 rings (SSSR count). The Hall–Kier alpha value is -1.46. The van der Waals surface area contributed by atoms with Crippen molar-refractivity contribution < 1.29 is 17.9 Å². The van der Waals surface area contributed by atoms with E-state index in [4.69, 9.17) is 0 Å². The van der Waals surface area contributed by atoms with Gasteiger partial charge in [0.1, 0.15) is 11.6 Å². The minimum Gasteiger partial charge on any atom is -0.406 e. The van der Waals surface area contributed by atoms with E-state index in [9.17, 15) is 13.2 Å². The number of hydrogen-bond acceptors (Lipinski definition) is 3. The van der Waals surface area contributed by atoms with Crippen molar-refractivity contribution in [1.29, 1.82) is 0 Å². The molecule has 1 N–H and O–H groups in total. The molecule has 0 aliphatic rings. The van der Waals surface area contributed by atoms with Gasteiger partial charge in [-0.05, 0) is 6.07 Å². The third-order valence-electron chi connectivity index (χ3n) is 1.22. The summed E-state index contributed by atoms with van der Waals surface area (Å²) in [6, 6.07) is 2.29. The number of alkyl halides is 3. The monoisotopic (exact) mass is 222 g/mol. The number of rotatable bonds is 2. The minimum absolute atomic E-state index is 0.285. The van der Waals surface area contributed by atoms with Gasteiger partial charge in [-0.3, -0.25) is 0 Å². The number of nitrogens with one attached hydrogen (secondary N) is 1. The number of ether oxygens (including phenoxy) is 1. The molecule has 3 nitrogen and oxygen atoms in total. The van der Waals surface area contributed by atoms with E-state index in [2.05, 4.69) is 15.0 Å². The molecular formula is C9H13F3N2O. The predicted molar refractivity (Wildman–Crippen MR) is 51.8 cm³/mol. The van der Waals surface area contributed by atoms with E-state index in [0.29, 0.717) is 5.82 Å². The van der Waals surface area contributed by atoms with E-state index >= 15 is 0 Å². The highest BCUT2D eigenvalue weighted by atomic mass is 19.4. The van der Waals surface area contributed by atoms with Crippen LogP contribution >= 0.6 is 0 Å². The third kappa shape index (κ3) is 5.77. The lowest BCUT2D eigenvalue weighted by Gasteiger charge is -2.08. The van der Waals surface area contributed by atoms with Gasteiger partial charge in [-0.15, -0.1) is 13.2 Å². The van der Waals surface area contributed by atoms with Gasteiger partial charge < -0.3 is 10.1 Å². The molecule has 1 heterocycles. The Morgan fingerprint density at radius 2 is 1.93 bits per heavy atom. The van der Waals surface area contributed by atoms with Crippen LogP contribution in [0.5, 0.6) is 5.75 Å². The van der Waals surface area contributed by atoms with Crippen LogP contribution in [0.4, 0.5) is 19.0 Å². The van der Waals surface area contributed by atoms with Gasteiger partial charge in [-0.2, -0.15) is 0 Å². The first-order chi connectivity index (χ1) is 7.01. The van der Waals surface area contributed by atoms with Gasteiger partial charge >= 0.3 is 6.36 Å². The van der Waals surface area contributed by atoms with Crippen molar-refractivity contribution in [2.24, 2.45) is 0 Å². The van der Waals surface area contributed by atoms with Crippen LogP contribution in [0.15, 0.2) is 18.3 Å². The summed E-state index contributed by atoms with van der Waals surface area (Å²) in [4.78, 5) is 3.73. The quantitative estimate of drug-likeness (QED) is 0.835. The highest BCUT2D eigenvalue weighted by Crippen LogP contribution is 2.23. The van der Waals surface area contributed by atoms with Crippen LogP contribution in [0, 0.1) is 0 Å². The number of nitrogens with zero attached hydrogens (tertiary/aromatic N) is 1. The van der Waals surface area contributed by atoms with Crippen molar-refractivity contribution in [3.05, 3.63) is 18.3 Å². The van der Waals surface area contributed by atoms with Gasteiger partial charge in [-0.25, -0.2) is 4.98 Å². The predicted octanol–water partition coefficient (Wildman–Crippen LogP) is 3.05. The number of anilines is 1. The van der Waals surface area contributed by atoms with E-state index < -0.39 is 6.36 Å². The zero-order valence-corrected chi connectivity index (χ0v) is 8.72. The fraction of sp³-hybridized carbons (Fsp3) is 0.444. The maximum Gasteiger partial charge on any atom is 0.573 e. The second-order valence-corrected chi connectivity index (χ2v) is 2.17. The normalized spacial score (nSPS) is 10.0. The van der Waals surface area contributed by atoms with Crippen molar-refractivity contribution in [3.63, 3.8) is 0 Å². The molecule has 0 spiro atoms. The average molecular weight is 222 g/mol. The maximum atomic E-state index is 11.7. The van der Waals surface area contributed by atoms with Crippen molar-refractivity contribution in [2.75, 3.05) is 12.4 Å². The summed E-state index contributed by atoms with van der Waals surface area (Å²) in [5.41, 5.74) is 0. The van der Waals surface area contributed by atoms with E-state index in [1.165, 1.54) is 6.20 Å². The summed E-state index contributed by atoms with van der Waals surface area (Å²) in [6.45, 7) is 4.00. The summed E-state index contributed by atoms with van der Waals surface area (Å²) < 4.78 is 38.8. The van der Waals surface area contributed by atoms with Crippen molar-refractivity contribution in [2.45, 2.75) is 20.2 Å². The summed E-state index contributed by atoms with van der Waals surface area (Å²) >= 11 is 0. The smallest absolute Gasteiger partial charge is 0.406 e. The van der Waals surface area contributed by atoms with Crippen molar-refractivity contribution in [3.8, 4) is 5.75 Å². The van der Waals surface area contributed by atoms with Crippen LogP contribution < -0.4 is 10.1 Å². The topological polar surface area (TPSA) is 34.1 Å². The minimum atomic E-state index is -4.66. The molecule has 1 aromatic heterocycles. The van der Waals surface area contributed by atoms with Crippen LogP contribution in [0.2, 0.25) is 0 Å². The van der Waals surface area contributed by atoms with Crippen molar-refractivity contribution in [1.82, 2.24) is 4.98 Å². The largest absolute Gasteiger partial charge is 0.573 e. The molecule has 0 atom stereocenters. The molecular weight excluding hydrogens is 209 g/mol. The fourth-order valence-corrected chi connectivity index (χ4v) is 0.745. The number of hydrogen-bond donors (Lipinski definition) is 1. The highest BCUT2D eigenvalue weighted by Gasteiger charge is 2.31. The molecule has 6 heteroatoms. The maximum absolute atomic E-state index is 11.7. The first kappa shape index (κ1) is 13.5. The first-order valence-electron chi connectivity index (χ1n) is 4.41. The molecule has 0 fully saturated rings. The summed E-state index contributed by atoms with van der Waals surface area (Å²) in [5.74, 6) is 0.0357. The fourth-order valence-electron chi connectivity index (χ4n) is 0.745. The Morgan fingerprint density at radius 1 is 1.33 bits per heavy atom. The summed E-state index contributed by atoms with van der Waals surface area (Å²) in [6.07, 6.45) is -3.43. The van der Waals surface area contributed by atoms with Crippen LogP contribution in [-0.4, -0.2) is 18.4 Å². The van der Waals surface area contributed by atoms with Crippen LogP contribution in [0.25, 0.3) is 0 Å². The lowest BCUT2D eigenvalue weighted by molar-refractivity contribution is -0.274. The zero-order chi connectivity index (χ0) is 11.9. The molecule has 0 amide bonds. The number of aromatic nitrogens is 1. The Bertz CT molecular complexity index is 289. The molecule has 0 saturated heterocycles. The van der Waals surface area contributed by atoms with Gasteiger partial charge in [-0.1, -0.05) is 13.8 Å². The van der Waals surface area contributed by atoms with Gasteiger partial charge in [0, 0.05) is 19.3 Å². The summed E-state index contributed by atoms with van der Waals surface area (Å²) in [5, 5.41) is 2.59. The molecule has 0 radical (unpaired) electrons. The number of pyridine rings is 1. The number of halogens is 3. The Morgan fingerprint density at radius 3 is 2.40 bits per heavy atom. The molecule has 0 unspecified atom stereocenters. The highest BCUT2D eigenvalue weighted by molar-refractivity contribution is 5.39. The van der Waals surface area contributed by atoms with E-state index in [-0.39, 0.29) is 5.75 Å². The van der Waals surface area contributed by atoms with E-state index in [0.717, 1.165) is 12.1 Å². The molecule has 15 heavy (non-hydrogen) atoms. The van der Waals surface area contributed by atoms with Gasteiger partial charge in [0.25, 0.3) is 0 Å². The van der Waals surface area contributed by atoms with E-state index in [1.807, 2.05) is 13.8 Å². The molecule has 0 bridgehead atoms. The van der Waals surface area contributed by atoms with E-state index in [1.54, 1.807) is 7.05 Å². The van der Waals surface area contributed by atoms with Gasteiger partial charge in [0.2, 0.25) is 0 Å². The molecule has 1 aromatic rings. The van der Waals surface area contributed by atoms with Gasteiger partial charge in [0.05, 0.1) is 0 Å². The zero-order valence-electron chi connectivity index (χ0n) is 8.72. The van der Waals surface area contributed by atoms with Crippen LogP contribution in [-0.2, 0) is 0 Å². The first-order valence-corrected chi connectivity index (χ1v) is 4.41. The second-order valence-electron chi connectivity index (χ2n) is 2.17. The standard InChI is InChI=1S/C7H7F3N2O.C2H6/c1-11-6-4-5(2-3-12-6)13-7(8,9)10;1-2/h2-4H,1H3,(H,11,12);1-2H3. The Kier molecular flexibility index (Phi) is 5.51. The van der Waals surface area contributed by atoms with Crippen molar-refractivity contribution >= 4 is 5.82 Å². The molecule has 86 valence electrons. The lowest BCUT2D eigenvalue weighted by Crippen LogP contribution is -2.17. The Balaban J connectivity index is 0.000000921. The van der Waals surface area contributed by atoms with Gasteiger partial charge in [0.15, 0.2) is 0 Å². The lowest BCUT2D eigenvalue weighted by atomic mass is 10.4. The second kappa shape index (κ2) is 6.10. The SMILES string of the molecule is CC.CNc1cc(OC(F)(F)F)ccn1.